The smallest absolute Gasteiger partial charge is 0.277 e. The number of benzene rings is 1. The molecule has 0 saturated carbocycles. The van der Waals surface area contributed by atoms with Gasteiger partial charge in [-0.1, -0.05) is 11.2 Å². The van der Waals surface area contributed by atoms with E-state index in [-0.39, 0.29) is 11.6 Å². The fraction of sp³-hybridized carbons (Fsp3) is 0. The number of nitrogens with two attached hydrogens (primary N) is 1. The Morgan fingerprint density at radius 2 is 2.20 bits per heavy atom. The lowest BCUT2D eigenvalue weighted by molar-refractivity contribution is 0.102. The number of nitrogens with one attached hydrogen (secondary N) is 1. The average Bonchev–Trinajstić information content (AvgIpc) is 3.09. The molecule has 0 aliphatic rings. The normalized spacial score (nSPS) is 10.4. The summed E-state index contributed by atoms with van der Waals surface area (Å²) in [6, 6.07) is 10.4. The van der Waals surface area contributed by atoms with Crippen molar-refractivity contribution in [3.05, 3.63) is 54.6 Å². The van der Waals surface area contributed by atoms with Crippen molar-refractivity contribution in [2.24, 2.45) is 0 Å². The van der Waals surface area contributed by atoms with Gasteiger partial charge in [-0.3, -0.25) is 4.79 Å². The van der Waals surface area contributed by atoms with Crippen LogP contribution in [0.2, 0.25) is 0 Å². The van der Waals surface area contributed by atoms with Crippen molar-refractivity contribution >= 4 is 17.4 Å². The lowest BCUT2D eigenvalue weighted by Crippen LogP contribution is -2.13. The van der Waals surface area contributed by atoms with E-state index in [0.717, 1.165) is 5.69 Å². The van der Waals surface area contributed by atoms with Crippen LogP contribution in [-0.2, 0) is 0 Å². The minimum absolute atomic E-state index is 0.274. The van der Waals surface area contributed by atoms with Crippen LogP contribution in [0, 0.1) is 0 Å². The standard InChI is InChI=1S/C13H11N5O2/c14-9-2-1-3-10(8-9)18-6-4-11(16-18)13(19)15-12-5-7-20-17-12/h1-8H,14H2,(H,15,17,19). The Kier molecular flexibility index (Phi) is 2.92. The lowest BCUT2D eigenvalue weighted by Gasteiger charge is -2.02. The van der Waals surface area contributed by atoms with Gasteiger partial charge in [-0.15, -0.1) is 0 Å². The Hall–Kier alpha value is -3.09. The third-order valence-corrected chi connectivity index (χ3v) is 2.64. The monoisotopic (exact) mass is 269 g/mol. The van der Waals surface area contributed by atoms with E-state index in [1.807, 2.05) is 12.1 Å². The second-order valence-electron chi connectivity index (χ2n) is 4.08. The van der Waals surface area contributed by atoms with Crippen LogP contribution in [0.15, 0.2) is 53.4 Å². The van der Waals surface area contributed by atoms with Crippen molar-refractivity contribution in [3.63, 3.8) is 0 Å². The van der Waals surface area contributed by atoms with Crippen LogP contribution in [0.3, 0.4) is 0 Å². The molecule has 2 aromatic heterocycles. The van der Waals surface area contributed by atoms with Crippen LogP contribution in [0.4, 0.5) is 11.5 Å². The van der Waals surface area contributed by atoms with Crippen molar-refractivity contribution in [1.82, 2.24) is 14.9 Å². The molecule has 0 spiro atoms. The minimum Gasteiger partial charge on any atom is -0.399 e. The first-order chi connectivity index (χ1) is 9.72. The van der Waals surface area contributed by atoms with Crippen LogP contribution >= 0.6 is 0 Å². The highest BCUT2D eigenvalue weighted by atomic mass is 16.5. The van der Waals surface area contributed by atoms with Crippen LogP contribution in [0.25, 0.3) is 5.69 Å². The maximum absolute atomic E-state index is 11.9. The van der Waals surface area contributed by atoms with Crippen molar-refractivity contribution in [2.75, 3.05) is 11.1 Å². The number of rotatable bonds is 3. The van der Waals surface area contributed by atoms with E-state index >= 15 is 0 Å². The fourth-order valence-electron chi connectivity index (χ4n) is 1.71. The summed E-state index contributed by atoms with van der Waals surface area (Å²) in [6.07, 6.45) is 3.06. The fourth-order valence-corrected chi connectivity index (χ4v) is 1.71. The molecular formula is C13H11N5O2. The minimum atomic E-state index is -0.360. The highest BCUT2D eigenvalue weighted by Crippen LogP contribution is 2.12. The molecule has 20 heavy (non-hydrogen) atoms. The molecule has 7 nitrogen and oxygen atoms in total. The third-order valence-electron chi connectivity index (χ3n) is 2.64. The van der Waals surface area contributed by atoms with Gasteiger partial charge in [-0.25, -0.2) is 4.68 Å². The summed E-state index contributed by atoms with van der Waals surface area (Å²) in [7, 11) is 0. The number of carbonyl (C=O) groups is 1. The molecule has 2 heterocycles. The molecule has 0 saturated heterocycles. The SMILES string of the molecule is Nc1cccc(-n2ccc(C(=O)Nc3ccon3)n2)c1. The average molecular weight is 269 g/mol. The molecule has 0 fully saturated rings. The Balaban J connectivity index is 1.81. The summed E-state index contributed by atoms with van der Waals surface area (Å²) in [5.41, 5.74) is 7.40. The number of hydrogen-bond acceptors (Lipinski definition) is 5. The second kappa shape index (κ2) is 4.88. The first-order valence-electron chi connectivity index (χ1n) is 5.86. The maximum atomic E-state index is 11.9. The number of hydrogen-bond donors (Lipinski definition) is 2. The molecule has 0 aliphatic heterocycles. The molecule has 3 aromatic rings. The van der Waals surface area contributed by atoms with E-state index in [0.29, 0.717) is 11.5 Å². The molecule has 7 heteroatoms. The Morgan fingerprint density at radius 3 is 2.95 bits per heavy atom. The zero-order chi connectivity index (χ0) is 13.9. The molecule has 0 atom stereocenters. The second-order valence-corrected chi connectivity index (χ2v) is 4.08. The van der Waals surface area contributed by atoms with Crippen molar-refractivity contribution < 1.29 is 9.32 Å². The van der Waals surface area contributed by atoms with Gasteiger partial charge in [0.25, 0.3) is 5.91 Å². The van der Waals surface area contributed by atoms with Gasteiger partial charge in [0.1, 0.15) is 6.26 Å². The van der Waals surface area contributed by atoms with E-state index in [9.17, 15) is 4.79 Å². The molecule has 0 aliphatic carbocycles. The summed E-state index contributed by atoms with van der Waals surface area (Å²) in [6.45, 7) is 0. The number of carbonyl (C=O) groups excluding carboxylic acids is 1. The van der Waals surface area contributed by atoms with Crippen LogP contribution in [-0.4, -0.2) is 20.8 Å². The van der Waals surface area contributed by atoms with Gasteiger partial charge in [0.15, 0.2) is 11.5 Å². The lowest BCUT2D eigenvalue weighted by atomic mass is 10.3. The summed E-state index contributed by atoms with van der Waals surface area (Å²) < 4.78 is 6.21. The predicted molar refractivity (Wildman–Crippen MR) is 72.4 cm³/mol. The number of nitrogen functional groups attached to an aromatic ring is 1. The van der Waals surface area contributed by atoms with Crippen molar-refractivity contribution in [2.45, 2.75) is 0 Å². The summed E-state index contributed by atoms with van der Waals surface area (Å²) in [5, 5.41) is 10.4. The van der Waals surface area contributed by atoms with Crippen LogP contribution < -0.4 is 11.1 Å². The van der Waals surface area contributed by atoms with E-state index in [1.165, 1.54) is 6.26 Å². The number of aromatic nitrogens is 3. The van der Waals surface area contributed by atoms with Crippen LogP contribution in [0.5, 0.6) is 0 Å². The number of anilines is 2. The third kappa shape index (κ3) is 2.37. The molecule has 3 rings (SSSR count). The van der Waals surface area contributed by atoms with Crippen molar-refractivity contribution in [1.29, 1.82) is 0 Å². The molecule has 3 N–H and O–H groups in total. The molecule has 100 valence electrons. The summed E-state index contributed by atoms with van der Waals surface area (Å²) in [5.74, 6) is -0.0185. The molecule has 0 radical (unpaired) electrons. The molecular weight excluding hydrogens is 258 g/mol. The highest BCUT2D eigenvalue weighted by Gasteiger charge is 2.11. The summed E-state index contributed by atoms with van der Waals surface area (Å²) in [4.78, 5) is 11.9. The summed E-state index contributed by atoms with van der Waals surface area (Å²) >= 11 is 0. The van der Waals surface area contributed by atoms with Crippen molar-refractivity contribution in [3.8, 4) is 5.69 Å². The Morgan fingerprint density at radius 1 is 1.30 bits per heavy atom. The molecule has 1 amide bonds. The van der Waals surface area contributed by atoms with Crippen LogP contribution in [0.1, 0.15) is 10.5 Å². The predicted octanol–water partition coefficient (Wildman–Crippen LogP) is 1.69. The van der Waals surface area contributed by atoms with Gasteiger partial charge >= 0.3 is 0 Å². The Bertz CT molecular complexity index is 733. The molecule has 0 bridgehead atoms. The van der Waals surface area contributed by atoms with E-state index in [1.54, 1.807) is 35.1 Å². The zero-order valence-electron chi connectivity index (χ0n) is 10.4. The number of amides is 1. The number of nitrogens with zero attached hydrogens (tertiary/aromatic N) is 3. The largest absolute Gasteiger partial charge is 0.399 e. The highest BCUT2D eigenvalue weighted by molar-refractivity contribution is 6.02. The topological polar surface area (TPSA) is 99.0 Å². The van der Waals surface area contributed by atoms with Gasteiger partial charge in [-0.05, 0) is 24.3 Å². The van der Waals surface area contributed by atoms with E-state index < -0.39 is 0 Å². The van der Waals surface area contributed by atoms with Gasteiger partial charge in [0, 0.05) is 18.0 Å². The Labute approximate surface area is 114 Å². The molecule has 1 aromatic carbocycles. The first kappa shape index (κ1) is 12.0. The van der Waals surface area contributed by atoms with E-state index in [4.69, 9.17) is 5.73 Å². The quantitative estimate of drug-likeness (QED) is 0.705. The molecule has 0 unspecified atom stereocenters. The van der Waals surface area contributed by atoms with Gasteiger partial charge < -0.3 is 15.6 Å². The van der Waals surface area contributed by atoms with Gasteiger partial charge in [-0.2, -0.15) is 5.10 Å². The van der Waals surface area contributed by atoms with Gasteiger partial charge in [0.05, 0.1) is 5.69 Å². The van der Waals surface area contributed by atoms with Gasteiger partial charge in [0.2, 0.25) is 0 Å². The zero-order valence-corrected chi connectivity index (χ0v) is 10.4. The van der Waals surface area contributed by atoms with E-state index in [2.05, 4.69) is 20.1 Å². The first-order valence-corrected chi connectivity index (χ1v) is 5.86. The maximum Gasteiger partial charge on any atom is 0.277 e.